The second-order valence-electron chi connectivity index (χ2n) is 5.81. The van der Waals surface area contributed by atoms with Crippen LogP contribution in [0.15, 0.2) is 29.2 Å². The van der Waals surface area contributed by atoms with Crippen LogP contribution in [-0.4, -0.2) is 37.9 Å². The molecule has 26 heavy (non-hydrogen) atoms. The Hall–Kier alpha value is -1.77. The zero-order chi connectivity index (χ0) is 20.0. The molecular weight excluding hydrogens is 358 g/mol. The van der Waals surface area contributed by atoms with E-state index in [4.69, 9.17) is 15.0 Å². The van der Waals surface area contributed by atoms with Crippen LogP contribution in [0.3, 0.4) is 0 Å². The van der Waals surface area contributed by atoms with Gasteiger partial charge in [-0.05, 0) is 25.5 Å². The summed E-state index contributed by atoms with van der Waals surface area (Å²) < 4.78 is 34.5. The van der Waals surface area contributed by atoms with Crippen LogP contribution in [0.1, 0.15) is 51.0 Å². The van der Waals surface area contributed by atoms with Crippen LogP contribution in [0.4, 0.5) is 0 Å². The van der Waals surface area contributed by atoms with Gasteiger partial charge in [0.15, 0.2) is 0 Å². The fraction of sp³-hybridized carbons (Fsp3) is 0.556. The molecule has 148 valence electrons. The van der Waals surface area contributed by atoms with Crippen molar-refractivity contribution in [2.75, 3.05) is 13.2 Å². The Kier molecular flexibility index (Phi) is 12.5. The van der Waals surface area contributed by atoms with E-state index < -0.39 is 10.1 Å². The maximum atomic E-state index is 11.1. The van der Waals surface area contributed by atoms with Crippen LogP contribution < -0.4 is 5.73 Å². The van der Waals surface area contributed by atoms with Crippen molar-refractivity contribution in [1.82, 2.24) is 0 Å². The molecule has 0 amide bonds. The highest BCUT2D eigenvalue weighted by Gasteiger charge is 2.07. The van der Waals surface area contributed by atoms with E-state index in [0.29, 0.717) is 6.61 Å². The van der Waals surface area contributed by atoms with E-state index in [2.05, 4.69) is 6.92 Å². The minimum Gasteiger partial charge on any atom is -0.466 e. The van der Waals surface area contributed by atoms with Crippen LogP contribution in [0.2, 0.25) is 0 Å². The molecule has 7 nitrogen and oxygen atoms in total. The van der Waals surface area contributed by atoms with Crippen LogP contribution in [0, 0.1) is 6.92 Å². The molecule has 0 saturated carbocycles. The minimum atomic E-state index is -4.02. The summed E-state index contributed by atoms with van der Waals surface area (Å²) in [6.45, 7) is 4.44. The zero-order valence-electron chi connectivity index (χ0n) is 15.4. The molecule has 0 spiro atoms. The quantitative estimate of drug-likeness (QED) is 0.359. The SMILES string of the molecule is CCCCCCOC(=O)CCC(=O)CN.Cc1ccc(S(=O)(=O)O)cc1. The molecule has 1 rings (SSSR count). The number of nitrogens with two attached hydrogens (primary N) is 1. The molecule has 0 aliphatic carbocycles. The maximum Gasteiger partial charge on any atom is 0.306 e. The lowest BCUT2D eigenvalue weighted by atomic mass is 10.2. The standard InChI is InChI=1S/C11H21NO3.C7H8O3S/c1-2-3-4-5-8-15-11(14)7-6-10(13)9-12;1-6-2-4-7(5-3-6)11(8,9)10/h2-9,12H2,1H3;2-5H,1H3,(H,8,9,10). The predicted octanol–water partition coefficient (Wildman–Crippen LogP) is 2.66. The molecule has 8 heteroatoms. The third-order valence-corrected chi connectivity index (χ3v) is 4.28. The second kappa shape index (κ2) is 13.4. The third-order valence-electron chi connectivity index (χ3n) is 3.42. The molecular formula is C18H29NO6S. The van der Waals surface area contributed by atoms with Crippen molar-refractivity contribution in [1.29, 1.82) is 0 Å². The number of ketones is 1. The number of aryl methyl sites for hydroxylation is 1. The van der Waals surface area contributed by atoms with Crippen molar-refractivity contribution in [3.63, 3.8) is 0 Å². The molecule has 0 aliphatic heterocycles. The number of rotatable bonds is 10. The highest BCUT2D eigenvalue weighted by atomic mass is 32.2. The van der Waals surface area contributed by atoms with Gasteiger partial charge in [-0.15, -0.1) is 0 Å². The number of hydrogen-bond donors (Lipinski definition) is 2. The molecule has 0 bridgehead atoms. The van der Waals surface area contributed by atoms with Gasteiger partial charge in [0.25, 0.3) is 10.1 Å². The molecule has 1 aromatic rings. The van der Waals surface area contributed by atoms with Gasteiger partial charge in [0.05, 0.1) is 24.5 Å². The number of Topliss-reactive ketones (excluding diaryl/α,β-unsaturated/α-hetero) is 1. The van der Waals surface area contributed by atoms with Crippen LogP contribution >= 0.6 is 0 Å². The Bertz CT molecular complexity index is 640. The summed E-state index contributed by atoms with van der Waals surface area (Å²) in [5.41, 5.74) is 6.07. The average molecular weight is 387 g/mol. The summed E-state index contributed by atoms with van der Waals surface area (Å²) in [6, 6.07) is 5.99. The number of unbranched alkanes of at least 4 members (excludes halogenated alkanes) is 3. The summed E-state index contributed by atoms with van der Waals surface area (Å²) in [7, 11) is -4.02. The molecule has 1 aromatic carbocycles. The largest absolute Gasteiger partial charge is 0.466 e. The van der Waals surface area contributed by atoms with Crippen molar-refractivity contribution in [3.8, 4) is 0 Å². The molecule has 0 unspecified atom stereocenters. The van der Waals surface area contributed by atoms with Gasteiger partial charge in [-0.2, -0.15) is 8.42 Å². The minimum absolute atomic E-state index is 0.00375. The highest BCUT2D eigenvalue weighted by molar-refractivity contribution is 7.85. The molecule has 0 heterocycles. The second-order valence-corrected chi connectivity index (χ2v) is 7.23. The van der Waals surface area contributed by atoms with Gasteiger partial charge in [-0.25, -0.2) is 0 Å². The fourth-order valence-corrected chi connectivity index (χ4v) is 2.32. The smallest absolute Gasteiger partial charge is 0.306 e. The van der Waals surface area contributed by atoms with Crippen LogP contribution in [0.25, 0.3) is 0 Å². The highest BCUT2D eigenvalue weighted by Crippen LogP contribution is 2.08. The molecule has 0 aliphatic rings. The van der Waals surface area contributed by atoms with Crippen LogP contribution in [0.5, 0.6) is 0 Å². The third kappa shape index (κ3) is 12.6. The zero-order valence-corrected chi connectivity index (χ0v) is 16.3. The lowest BCUT2D eigenvalue weighted by Gasteiger charge is -2.03. The monoisotopic (exact) mass is 387 g/mol. The van der Waals surface area contributed by atoms with Gasteiger partial charge in [0.1, 0.15) is 5.78 Å². The lowest BCUT2D eigenvalue weighted by molar-refractivity contribution is -0.144. The number of esters is 1. The summed E-state index contributed by atoms with van der Waals surface area (Å²) >= 11 is 0. The Balaban J connectivity index is 0.000000502. The molecule has 0 saturated heterocycles. The number of benzene rings is 1. The summed E-state index contributed by atoms with van der Waals surface area (Å²) in [6.07, 6.45) is 4.69. The Labute approximate surface area is 155 Å². The van der Waals surface area contributed by atoms with Gasteiger partial charge in [0, 0.05) is 6.42 Å². The van der Waals surface area contributed by atoms with Crippen molar-refractivity contribution < 1.29 is 27.3 Å². The van der Waals surface area contributed by atoms with E-state index in [-0.39, 0.29) is 36.0 Å². The van der Waals surface area contributed by atoms with Crippen LogP contribution in [-0.2, 0) is 24.4 Å². The average Bonchev–Trinajstić information content (AvgIpc) is 2.59. The summed E-state index contributed by atoms with van der Waals surface area (Å²) in [5.74, 6) is -0.397. The fourth-order valence-electron chi connectivity index (χ4n) is 1.84. The van der Waals surface area contributed by atoms with E-state index in [1.807, 2.05) is 6.92 Å². The molecule has 0 fully saturated rings. The normalized spacial score (nSPS) is 10.6. The van der Waals surface area contributed by atoms with Gasteiger partial charge < -0.3 is 10.5 Å². The van der Waals surface area contributed by atoms with Gasteiger partial charge in [0.2, 0.25) is 0 Å². The number of hydrogen-bond acceptors (Lipinski definition) is 6. The number of carbonyl (C=O) groups is 2. The van der Waals surface area contributed by atoms with Crippen molar-refractivity contribution >= 4 is 21.9 Å². The van der Waals surface area contributed by atoms with E-state index in [0.717, 1.165) is 18.4 Å². The Morgan fingerprint density at radius 3 is 2.19 bits per heavy atom. The molecule has 0 atom stereocenters. The van der Waals surface area contributed by atoms with Crippen molar-refractivity contribution in [2.45, 2.75) is 57.3 Å². The van der Waals surface area contributed by atoms with E-state index in [1.165, 1.54) is 25.0 Å². The predicted molar refractivity (Wildman–Crippen MR) is 99.4 cm³/mol. The first kappa shape index (κ1) is 24.2. The number of carbonyl (C=O) groups excluding carboxylic acids is 2. The van der Waals surface area contributed by atoms with E-state index in [9.17, 15) is 18.0 Å². The first-order chi connectivity index (χ1) is 12.2. The summed E-state index contributed by atoms with van der Waals surface area (Å²) in [5, 5.41) is 0. The van der Waals surface area contributed by atoms with E-state index >= 15 is 0 Å². The van der Waals surface area contributed by atoms with Crippen molar-refractivity contribution in [2.24, 2.45) is 5.73 Å². The van der Waals surface area contributed by atoms with Gasteiger partial charge in [-0.3, -0.25) is 14.1 Å². The topological polar surface area (TPSA) is 124 Å². The van der Waals surface area contributed by atoms with Gasteiger partial charge in [-0.1, -0.05) is 43.9 Å². The first-order valence-electron chi connectivity index (χ1n) is 8.62. The Morgan fingerprint density at radius 2 is 1.69 bits per heavy atom. The van der Waals surface area contributed by atoms with Crippen molar-refractivity contribution in [3.05, 3.63) is 29.8 Å². The van der Waals surface area contributed by atoms with Gasteiger partial charge >= 0.3 is 5.97 Å². The maximum absolute atomic E-state index is 11.1. The molecule has 0 radical (unpaired) electrons. The first-order valence-corrected chi connectivity index (χ1v) is 10.1. The lowest BCUT2D eigenvalue weighted by Crippen LogP contribution is -2.15. The Morgan fingerprint density at radius 1 is 1.08 bits per heavy atom. The molecule has 3 N–H and O–H groups in total. The number of ether oxygens (including phenoxy) is 1. The summed E-state index contributed by atoms with van der Waals surface area (Å²) in [4.78, 5) is 21.8. The molecule has 0 aromatic heterocycles. The van der Waals surface area contributed by atoms with E-state index in [1.54, 1.807) is 12.1 Å².